The van der Waals surface area contributed by atoms with Crippen LogP contribution in [0.2, 0.25) is 0 Å². The van der Waals surface area contributed by atoms with Crippen LogP contribution >= 0.6 is 0 Å². The SMILES string of the molecule is COc1ccc(/C(N)=N/O)cc1CN(C)CCS(C)(=O)=O. The van der Waals surface area contributed by atoms with Crippen LogP contribution in [0, 0.1) is 0 Å². The summed E-state index contributed by atoms with van der Waals surface area (Å²) in [6.45, 7) is 0.904. The van der Waals surface area contributed by atoms with Crippen molar-refractivity contribution < 1.29 is 18.4 Å². The van der Waals surface area contributed by atoms with Crippen molar-refractivity contribution in [2.75, 3.05) is 32.7 Å². The van der Waals surface area contributed by atoms with Gasteiger partial charge in [-0.25, -0.2) is 8.42 Å². The monoisotopic (exact) mass is 315 g/mol. The number of sulfone groups is 1. The lowest BCUT2D eigenvalue weighted by Gasteiger charge is -2.18. The summed E-state index contributed by atoms with van der Waals surface area (Å²) in [5, 5.41) is 11.7. The van der Waals surface area contributed by atoms with E-state index in [9.17, 15) is 8.42 Å². The van der Waals surface area contributed by atoms with Crippen molar-refractivity contribution in [3.63, 3.8) is 0 Å². The second kappa shape index (κ2) is 7.28. The van der Waals surface area contributed by atoms with E-state index in [-0.39, 0.29) is 11.6 Å². The number of hydrogen-bond acceptors (Lipinski definition) is 6. The molecule has 21 heavy (non-hydrogen) atoms. The Morgan fingerprint density at radius 3 is 2.67 bits per heavy atom. The summed E-state index contributed by atoms with van der Waals surface area (Å²) in [6, 6.07) is 5.17. The average Bonchev–Trinajstić information content (AvgIpc) is 2.43. The lowest BCUT2D eigenvalue weighted by Crippen LogP contribution is -2.25. The van der Waals surface area contributed by atoms with E-state index < -0.39 is 9.84 Å². The van der Waals surface area contributed by atoms with E-state index >= 15 is 0 Å². The minimum Gasteiger partial charge on any atom is -0.496 e. The molecule has 118 valence electrons. The summed E-state index contributed by atoms with van der Waals surface area (Å²) in [5.41, 5.74) is 6.97. The summed E-state index contributed by atoms with van der Waals surface area (Å²) in [4.78, 5) is 1.87. The van der Waals surface area contributed by atoms with Crippen LogP contribution in [0.1, 0.15) is 11.1 Å². The number of nitrogens with two attached hydrogens (primary N) is 1. The summed E-state index contributed by atoms with van der Waals surface area (Å²) in [6.07, 6.45) is 1.21. The van der Waals surface area contributed by atoms with E-state index in [0.717, 1.165) is 5.56 Å². The number of nitrogens with zero attached hydrogens (tertiary/aromatic N) is 2. The minimum absolute atomic E-state index is 0.0118. The van der Waals surface area contributed by atoms with E-state index in [1.54, 1.807) is 25.3 Å². The van der Waals surface area contributed by atoms with Gasteiger partial charge in [-0.3, -0.25) is 0 Å². The normalized spacial score (nSPS) is 12.7. The number of amidine groups is 1. The fourth-order valence-electron chi connectivity index (χ4n) is 1.81. The van der Waals surface area contributed by atoms with Gasteiger partial charge in [-0.15, -0.1) is 0 Å². The van der Waals surface area contributed by atoms with Gasteiger partial charge >= 0.3 is 0 Å². The Morgan fingerprint density at radius 1 is 1.48 bits per heavy atom. The highest BCUT2D eigenvalue weighted by atomic mass is 32.2. The summed E-state index contributed by atoms with van der Waals surface area (Å²) in [7, 11) is 0.376. The lowest BCUT2D eigenvalue weighted by molar-refractivity contribution is 0.318. The summed E-state index contributed by atoms with van der Waals surface area (Å²) in [5.74, 6) is 0.763. The zero-order valence-corrected chi connectivity index (χ0v) is 13.2. The van der Waals surface area contributed by atoms with Gasteiger partial charge in [0.05, 0.1) is 12.9 Å². The predicted molar refractivity (Wildman–Crippen MR) is 81.5 cm³/mol. The quantitative estimate of drug-likeness (QED) is 0.324. The molecule has 0 amide bonds. The van der Waals surface area contributed by atoms with E-state index in [2.05, 4.69) is 5.16 Å². The molecule has 0 aliphatic heterocycles. The predicted octanol–water partition coefficient (Wildman–Crippen LogP) is 0.266. The lowest BCUT2D eigenvalue weighted by atomic mass is 10.1. The molecule has 8 heteroatoms. The van der Waals surface area contributed by atoms with Gasteiger partial charge in [-0.05, 0) is 25.2 Å². The van der Waals surface area contributed by atoms with Crippen molar-refractivity contribution in [3.8, 4) is 5.75 Å². The topological polar surface area (TPSA) is 105 Å². The number of benzene rings is 1. The van der Waals surface area contributed by atoms with Gasteiger partial charge in [0.1, 0.15) is 15.6 Å². The van der Waals surface area contributed by atoms with E-state index in [4.69, 9.17) is 15.7 Å². The molecule has 0 aromatic heterocycles. The second-order valence-electron chi connectivity index (χ2n) is 4.88. The Balaban J connectivity index is 2.89. The first kappa shape index (κ1) is 17.3. The van der Waals surface area contributed by atoms with E-state index in [1.165, 1.54) is 6.26 Å². The van der Waals surface area contributed by atoms with Crippen LogP contribution in [-0.4, -0.2) is 57.1 Å². The first-order valence-electron chi connectivity index (χ1n) is 6.28. The molecular formula is C13H21N3O4S. The van der Waals surface area contributed by atoms with Crippen molar-refractivity contribution in [3.05, 3.63) is 29.3 Å². The van der Waals surface area contributed by atoms with Crippen LogP contribution in [0.25, 0.3) is 0 Å². The van der Waals surface area contributed by atoms with Crippen molar-refractivity contribution in [1.29, 1.82) is 0 Å². The largest absolute Gasteiger partial charge is 0.496 e. The Hall–Kier alpha value is -1.80. The third-order valence-corrected chi connectivity index (χ3v) is 3.89. The molecule has 7 nitrogen and oxygen atoms in total. The first-order chi connectivity index (χ1) is 9.76. The maximum atomic E-state index is 11.2. The zero-order valence-electron chi connectivity index (χ0n) is 12.4. The zero-order chi connectivity index (χ0) is 16.0. The van der Waals surface area contributed by atoms with Gasteiger partial charge in [0.15, 0.2) is 5.84 Å². The first-order valence-corrected chi connectivity index (χ1v) is 8.34. The molecule has 0 aliphatic carbocycles. The van der Waals surface area contributed by atoms with Crippen LogP contribution in [0.5, 0.6) is 5.75 Å². The molecule has 0 radical (unpaired) electrons. The van der Waals surface area contributed by atoms with Gasteiger partial charge in [-0.1, -0.05) is 5.16 Å². The maximum absolute atomic E-state index is 11.2. The van der Waals surface area contributed by atoms with Crippen molar-refractivity contribution in [2.24, 2.45) is 10.9 Å². The molecule has 0 saturated heterocycles. The third-order valence-electron chi connectivity index (χ3n) is 2.97. The molecule has 0 atom stereocenters. The Morgan fingerprint density at radius 2 is 2.14 bits per heavy atom. The van der Waals surface area contributed by atoms with E-state index in [1.807, 2.05) is 11.9 Å². The van der Waals surface area contributed by atoms with Crippen LogP contribution in [0.4, 0.5) is 0 Å². The highest BCUT2D eigenvalue weighted by Crippen LogP contribution is 2.21. The highest BCUT2D eigenvalue weighted by Gasteiger charge is 2.11. The number of methoxy groups -OCH3 is 1. The van der Waals surface area contributed by atoms with Crippen molar-refractivity contribution >= 4 is 15.7 Å². The fourth-order valence-corrected chi connectivity index (χ4v) is 2.45. The molecule has 0 bridgehead atoms. The Labute approximate surface area is 124 Å². The number of rotatable bonds is 7. The van der Waals surface area contributed by atoms with Gasteiger partial charge in [-0.2, -0.15) is 0 Å². The Kier molecular flexibility index (Phi) is 5.98. The number of hydrogen-bond donors (Lipinski definition) is 2. The van der Waals surface area contributed by atoms with Crippen LogP contribution < -0.4 is 10.5 Å². The fraction of sp³-hybridized carbons (Fsp3) is 0.462. The van der Waals surface area contributed by atoms with Gasteiger partial charge < -0.3 is 20.6 Å². The molecule has 1 rings (SSSR count). The molecule has 0 fully saturated rings. The van der Waals surface area contributed by atoms with Gasteiger partial charge in [0, 0.05) is 30.5 Å². The van der Waals surface area contributed by atoms with Crippen LogP contribution in [-0.2, 0) is 16.4 Å². The minimum atomic E-state index is -3.00. The molecule has 0 saturated carbocycles. The molecular weight excluding hydrogens is 294 g/mol. The molecule has 0 spiro atoms. The van der Waals surface area contributed by atoms with Gasteiger partial charge in [0.2, 0.25) is 0 Å². The third kappa shape index (κ3) is 5.60. The maximum Gasteiger partial charge on any atom is 0.170 e. The summed E-state index contributed by atoms with van der Waals surface area (Å²) >= 11 is 0. The molecule has 0 heterocycles. The van der Waals surface area contributed by atoms with Crippen LogP contribution in [0.15, 0.2) is 23.4 Å². The van der Waals surface area contributed by atoms with E-state index in [0.29, 0.717) is 24.4 Å². The summed E-state index contributed by atoms with van der Waals surface area (Å²) < 4.78 is 27.6. The van der Waals surface area contributed by atoms with Crippen molar-refractivity contribution in [1.82, 2.24) is 4.90 Å². The molecule has 1 aromatic rings. The average molecular weight is 315 g/mol. The van der Waals surface area contributed by atoms with Crippen LogP contribution in [0.3, 0.4) is 0 Å². The number of ether oxygens (including phenoxy) is 1. The molecule has 0 aliphatic rings. The molecule has 0 unspecified atom stereocenters. The molecule has 3 N–H and O–H groups in total. The second-order valence-corrected chi connectivity index (χ2v) is 7.14. The van der Waals surface area contributed by atoms with Crippen molar-refractivity contribution in [2.45, 2.75) is 6.54 Å². The highest BCUT2D eigenvalue weighted by molar-refractivity contribution is 7.90. The van der Waals surface area contributed by atoms with Gasteiger partial charge in [0.25, 0.3) is 0 Å². The molecule has 1 aromatic carbocycles. The standard InChI is InChI=1S/C13H21N3O4S/c1-16(6-7-21(3,18)19)9-11-8-10(13(14)15-17)4-5-12(11)20-2/h4-5,8,17H,6-7,9H2,1-3H3,(H2,14,15). The Bertz CT molecular complexity index is 614. The smallest absolute Gasteiger partial charge is 0.170 e. The number of oxime groups is 1.